The Hall–Kier alpha value is -2.21. The minimum atomic E-state index is -0.431. The van der Waals surface area contributed by atoms with Crippen LogP contribution in [0.15, 0.2) is 34.8 Å². The van der Waals surface area contributed by atoms with Crippen LogP contribution < -0.4 is 14.2 Å². The Morgan fingerprint density at radius 1 is 1.17 bits per heavy atom. The second kappa shape index (κ2) is 7.13. The molecule has 0 aromatic heterocycles. The first-order valence-corrected chi connectivity index (χ1v) is 8.26. The molecule has 0 amide bonds. The number of halogens is 1. The molecule has 3 rings (SSSR count). The highest BCUT2D eigenvalue weighted by molar-refractivity contribution is 9.10. The number of carbonyl (C=O) groups is 1. The summed E-state index contributed by atoms with van der Waals surface area (Å²) in [6, 6.07) is 9.40. The zero-order valence-electron chi connectivity index (χ0n) is 13.4. The Morgan fingerprint density at radius 3 is 2.67 bits per heavy atom. The van der Waals surface area contributed by atoms with Crippen molar-refractivity contribution in [2.75, 3.05) is 13.4 Å². The first-order chi connectivity index (χ1) is 11.5. The van der Waals surface area contributed by atoms with Crippen LogP contribution in [-0.4, -0.2) is 19.4 Å². The number of hydrogen-bond donors (Lipinski definition) is 0. The lowest BCUT2D eigenvalue weighted by molar-refractivity contribution is -0.147. The molecule has 1 aliphatic rings. The molecule has 0 N–H and O–H groups in total. The van der Waals surface area contributed by atoms with E-state index >= 15 is 0 Å². The summed E-state index contributed by atoms with van der Waals surface area (Å²) in [6.45, 7) is 4.15. The number of carbonyl (C=O) groups excluding carboxylic acids is 1. The Labute approximate surface area is 148 Å². The molecule has 0 aliphatic carbocycles. The average molecular weight is 393 g/mol. The van der Waals surface area contributed by atoms with Gasteiger partial charge in [-0.3, -0.25) is 0 Å². The van der Waals surface area contributed by atoms with Crippen molar-refractivity contribution < 1.29 is 23.7 Å². The quantitative estimate of drug-likeness (QED) is 0.721. The van der Waals surface area contributed by atoms with E-state index in [0.29, 0.717) is 17.2 Å². The zero-order valence-corrected chi connectivity index (χ0v) is 15.0. The van der Waals surface area contributed by atoms with E-state index in [-0.39, 0.29) is 20.0 Å². The van der Waals surface area contributed by atoms with Crippen molar-refractivity contribution in [2.45, 2.75) is 20.5 Å². The van der Waals surface area contributed by atoms with Gasteiger partial charge in [-0.15, -0.1) is 0 Å². The van der Waals surface area contributed by atoms with Gasteiger partial charge in [0.15, 0.2) is 18.1 Å². The molecular formula is C18H17BrO5. The summed E-state index contributed by atoms with van der Waals surface area (Å²) in [5.41, 5.74) is 2.94. The van der Waals surface area contributed by atoms with Gasteiger partial charge >= 0.3 is 5.97 Å². The third-order valence-corrected chi connectivity index (χ3v) is 4.34. The molecule has 0 unspecified atom stereocenters. The zero-order chi connectivity index (χ0) is 17.1. The molecule has 0 bridgehead atoms. The molecule has 0 atom stereocenters. The summed E-state index contributed by atoms with van der Waals surface area (Å²) >= 11 is 3.43. The largest absolute Gasteiger partial charge is 0.482 e. The minimum Gasteiger partial charge on any atom is -0.482 e. The van der Waals surface area contributed by atoms with Crippen molar-refractivity contribution >= 4 is 21.9 Å². The maximum absolute atomic E-state index is 11.9. The molecule has 2 aromatic carbocycles. The molecule has 1 heterocycles. The lowest BCUT2D eigenvalue weighted by Gasteiger charge is -2.11. The number of aryl methyl sites for hydroxylation is 2. The van der Waals surface area contributed by atoms with E-state index in [0.717, 1.165) is 21.2 Å². The molecule has 2 aromatic rings. The van der Waals surface area contributed by atoms with Crippen molar-refractivity contribution in [3.05, 3.63) is 51.5 Å². The van der Waals surface area contributed by atoms with Gasteiger partial charge < -0.3 is 18.9 Å². The van der Waals surface area contributed by atoms with Crippen molar-refractivity contribution in [3.63, 3.8) is 0 Å². The molecule has 0 saturated carbocycles. The van der Waals surface area contributed by atoms with E-state index in [1.165, 1.54) is 0 Å². The van der Waals surface area contributed by atoms with Crippen LogP contribution in [0.2, 0.25) is 0 Å². The summed E-state index contributed by atoms with van der Waals surface area (Å²) in [5, 5.41) is 0. The van der Waals surface area contributed by atoms with Crippen LogP contribution in [0.4, 0.5) is 0 Å². The van der Waals surface area contributed by atoms with Gasteiger partial charge in [-0.1, -0.05) is 33.6 Å². The van der Waals surface area contributed by atoms with E-state index < -0.39 is 5.97 Å². The van der Waals surface area contributed by atoms with Gasteiger partial charge in [-0.2, -0.15) is 0 Å². The second-order valence-corrected chi connectivity index (χ2v) is 6.37. The third-order valence-electron chi connectivity index (χ3n) is 3.61. The molecule has 126 valence electrons. The number of ether oxygens (including phenoxy) is 4. The minimum absolute atomic E-state index is 0.131. The number of fused-ring (bicyclic) bond motifs is 1. The fourth-order valence-electron chi connectivity index (χ4n) is 2.37. The summed E-state index contributed by atoms with van der Waals surface area (Å²) in [5.74, 6) is 1.58. The van der Waals surface area contributed by atoms with Crippen LogP contribution in [0.1, 0.15) is 16.7 Å². The highest BCUT2D eigenvalue weighted by Gasteiger charge is 2.17. The van der Waals surface area contributed by atoms with Crippen molar-refractivity contribution in [1.29, 1.82) is 0 Å². The van der Waals surface area contributed by atoms with Gasteiger partial charge in [0.05, 0.1) is 0 Å². The molecule has 0 fully saturated rings. The molecule has 1 aliphatic heterocycles. The van der Waals surface area contributed by atoms with Crippen LogP contribution in [-0.2, 0) is 16.1 Å². The van der Waals surface area contributed by atoms with Gasteiger partial charge in [-0.25, -0.2) is 4.79 Å². The van der Waals surface area contributed by atoms with Crippen LogP contribution in [0.3, 0.4) is 0 Å². The van der Waals surface area contributed by atoms with Crippen LogP contribution in [0.25, 0.3) is 0 Å². The normalized spacial score (nSPS) is 12.1. The highest BCUT2D eigenvalue weighted by Crippen LogP contribution is 2.37. The Balaban J connectivity index is 1.54. The lowest BCUT2D eigenvalue weighted by Crippen LogP contribution is -2.15. The monoisotopic (exact) mass is 392 g/mol. The Bertz CT molecular complexity index is 772. The fourth-order valence-corrected chi connectivity index (χ4v) is 2.80. The van der Waals surface area contributed by atoms with Gasteiger partial charge in [0.1, 0.15) is 12.4 Å². The number of esters is 1. The van der Waals surface area contributed by atoms with Gasteiger partial charge in [0, 0.05) is 10.0 Å². The van der Waals surface area contributed by atoms with Crippen molar-refractivity contribution in [1.82, 2.24) is 0 Å². The first-order valence-electron chi connectivity index (χ1n) is 7.46. The Kier molecular flexibility index (Phi) is 4.94. The number of benzene rings is 2. The van der Waals surface area contributed by atoms with E-state index in [2.05, 4.69) is 15.9 Å². The predicted octanol–water partition coefficient (Wildman–Crippen LogP) is 3.92. The smallest absolute Gasteiger partial charge is 0.344 e. The van der Waals surface area contributed by atoms with Gasteiger partial charge in [0.25, 0.3) is 0 Å². The number of hydrogen-bond acceptors (Lipinski definition) is 5. The van der Waals surface area contributed by atoms with Crippen molar-refractivity contribution in [2.24, 2.45) is 0 Å². The van der Waals surface area contributed by atoms with E-state index in [4.69, 9.17) is 18.9 Å². The van der Waals surface area contributed by atoms with Gasteiger partial charge in [0.2, 0.25) is 6.79 Å². The standard InChI is InChI=1S/C18H17BrO5/c1-11-3-4-15(12(2)5-11)21-9-18(20)22-8-13-6-16-17(7-14(13)19)24-10-23-16/h3-7H,8-10H2,1-2H3. The molecular weight excluding hydrogens is 376 g/mol. The summed E-state index contributed by atoms with van der Waals surface area (Å²) in [4.78, 5) is 11.9. The maximum Gasteiger partial charge on any atom is 0.344 e. The average Bonchev–Trinajstić information content (AvgIpc) is 2.98. The summed E-state index contributed by atoms with van der Waals surface area (Å²) in [6.07, 6.45) is 0. The molecule has 0 saturated heterocycles. The lowest BCUT2D eigenvalue weighted by atomic mass is 10.1. The molecule has 0 radical (unpaired) electrons. The number of rotatable bonds is 5. The van der Waals surface area contributed by atoms with Crippen molar-refractivity contribution in [3.8, 4) is 17.2 Å². The van der Waals surface area contributed by atoms with Crippen LogP contribution in [0, 0.1) is 13.8 Å². The van der Waals surface area contributed by atoms with Gasteiger partial charge in [-0.05, 0) is 37.6 Å². The SMILES string of the molecule is Cc1ccc(OCC(=O)OCc2cc3c(cc2Br)OCO3)c(C)c1. The Morgan fingerprint density at radius 2 is 1.92 bits per heavy atom. The predicted molar refractivity (Wildman–Crippen MR) is 91.5 cm³/mol. The molecule has 5 nitrogen and oxygen atoms in total. The van der Waals surface area contributed by atoms with Crippen LogP contribution >= 0.6 is 15.9 Å². The summed E-state index contributed by atoms with van der Waals surface area (Å²) in [7, 11) is 0. The van der Waals surface area contributed by atoms with Crippen LogP contribution in [0.5, 0.6) is 17.2 Å². The van der Waals surface area contributed by atoms with E-state index in [9.17, 15) is 4.79 Å². The first kappa shape index (κ1) is 16.6. The van der Waals surface area contributed by atoms with E-state index in [1.807, 2.05) is 32.0 Å². The summed E-state index contributed by atoms with van der Waals surface area (Å²) < 4.78 is 22.2. The topological polar surface area (TPSA) is 54.0 Å². The second-order valence-electron chi connectivity index (χ2n) is 5.52. The van der Waals surface area contributed by atoms with E-state index in [1.54, 1.807) is 12.1 Å². The molecule has 0 spiro atoms. The molecule has 24 heavy (non-hydrogen) atoms. The fraction of sp³-hybridized carbons (Fsp3) is 0.278. The molecule has 6 heteroatoms. The highest BCUT2D eigenvalue weighted by atomic mass is 79.9. The third kappa shape index (κ3) is 3.82. The maximum atomic E-state index is 11.9.